The molecule has 4 nitrogen and oxygen atoms in total. The molecule has 1 amide bonds. The number of hydrogen-bond donors (Lipinski definition) is 1. The van der Waals surface area contributed by atoms with Gasteiger partial charge in [0.2, 0.25) is 5.91 Å². The van der Waals surface area contributed by atoms with E-state index in [-0.39, 0.29) is 5.91 Å². The molecule has 1 aliphatic rings. The first-order valence-electron chi connectivity index (χ1n) is 6.87. The Morgan fingerprint density at radius 1 is 1.05 bits per heavy atom. The molecule has 21 heavy (non-hydrogen) atoms. The fourth-order valence-corrected chi connectivity index (χ4v) is 2.72. The van der Waals surface area contributed by atoms with E-state index in [1.165, 1.54) is 0 Å². The monoisotopic (exact) mass is 281 g/mol. The summed E-state index contributed by atoms with van der Waals surface area (Å²) in [5, 5.41) is 9.09. The molecule has 2 aromatic carbocycles. The van der Waals surface area contributed by atoms with Crippen LogP contribution in [0.4, 0.5) is 5.69 Å². The number of carboxylic acid groups (broad SMARTS) is 1. The van der Waals surface area contributed by atoms with Gasteiger partial charge < -0.3 is 10.0 Å². The molecule has 0 aromatic heterocycles. The number of aliphatic carboxylic acids is 1. The first-order valence-corrected chi connectivity index (χ1v) is 6.87. The number of anilines is 1. The Bertz CT molecular complexity index is 681. The van der Waals surface area contributed by atoms with Gasteiger partial charge in [0.05, 0.1) is 5.69 Å². The molecule has 2 aromatic rings. The van der Waals surface area contributed by atoms with Crippen LogP contribution >= 0.6 is 0 Å². The summed E-state index contributed by atoms with van der Waals surface area (Å²) in [5.41, 5.74) is 2.73. The van der Waals surface area contributed by atoms with Crippen molar-refractivity contribution in [1.29, 1.82) is 0 Å². The summed E-state index contributed by atoms with van der Waals surface area (Å²) in [7, 11) is 0. The van der Waals surface area contributed by atoms with Crippen LogP contribution in [0.3, 0.4) is 0 Å². The molecule has 0 bridgehead atoms. The number of para-hydroxylation sites is 1. The van der Waals surface area contributed by atoms with E-state index in [1.807, 2.05) is 54.6 Å². The predicted molar refractivity (Wildman–Crippen MR) is 80.0 cm³/mol. The van der Waals surface area contributed by atoms with Gasteiger partial charge in [0, 0.05) is 12.1 Å². The fraction of sp³-hybridized carbons (Fsp3) is 0.176. The Hall–Kier alpha value is -2.62. The van der Waals surface area contributed by atoms with Gasteiger partial charge in [-0.3, -0.25) is 9.59 Å². The molecule has 0 saturated carbocycles. The molecule has 1 aliphatic heterocycles. The van der Waals surface area contributed by atoms with Crippen molar-refractivity contribution in [2.45, 2.75) is 6.42 Å². The maximum absolute atomic E-state index is 12.3. The zero-order chi connectivity index (χ0) is 14.8. The molecule has 1 saturated heterocycles. The molecule has 1 fully saturated rings. The number of benzene rings is 2. The number of hydrogen-bond acceptors (Lipinski definition) is 2. The van der Waals surface area contributed by atoms with E-state index in [0.29, 0.717) is 13.0 Å². The van der Waals surface area contributed by atoms with Gasteiger partial charge >= 0.3 is 5.97 Å². The highest BCUT2D eigenvalue weighted by Gasteiger charge is 2.38. The highest BCUT2D eigenvalue weighted by molar-refractivity contribution is 6.09. The second kappa shape index (κ2) is 5.40. The number of amides is 1. The van der Waals surface area contributed by atoms with Gasteiger partial charge in [0.1, 0.15) is 5.92 Å². The minimum absolute atomic E-state index is 0.328. The zero-order valence-electron chi connectivity index (χ0n) is 11.4. The van der Waals surface area contributed by atoms with Gasteiger partial charge in [0.15, 0.2) is 0 Å². The van der Waals surface area contributed by atoms with Crippen molar-refractivity contribution < 1.29 is 14.7 Å². The van der Waals surface area contributed by atoms with Gasteiger partial charge in [-0.2, -0.15) is 0 Å². The van der Waals surface area contributed by atoms with Crippen LogP contribution in [0.1, 0.15) is 6.42 Å². The summed E-state index contributed by atoms with van der Waals surface area (Å²) in [4.78, 5) is 25.0. The topological polar surface area (TPSA) is 57.6 Å². The third-order valence-electron chi connectivity index (χ3n) is 3.78. The Morgan fingerprint density at radius 3 is 2.38 bits per heavy atom. The van der Waals surface area contributed by atoms with Crippen LogP contribution in [-0.4, -0.2) is 23.5 Å². The summed E-state index contributed by atoms with van der Waals surface area (Å²) >= 11 is 0. The quantitative estimate of drug-likeness (QED) is 0.880. The van der Waals surface area contributed by atoms with Crippen LogP contribution < -0.4 is 4.90 Å². The van der Waals surface area contributed by atoms with Gasteiger partial charge in [-0.15, -0.1) is 0 Å². The lowest BCUT2D eigenvalue weighted by molar-refractivity contribution is -0.144. The fourth-order valence-electron chi connectivity index (χ4n) is 2.72. The third kappa shape index (κ3) is 2.40. The van der Waals surface area contributed by atoms with Crippen LogP contribution in [-0.2, 0) is 9.59 Å². The third-order valence-corrected chi connectivity index (χ3v) is 3.78. The number of carbonyl (C=O) groups is 2. The molecule has 1 unspecified atom stereocenters. The van der Waals surface area contributed by atoms with E-state index in [4.69, 9.17) is 5.11 Å². The Labute approximate surface area is 122 Å². The van der Waals surface area contributed by atoms with E-state index < -0.39 is 11.9 Å². The summed E-state index contributed by atoms with van der Waals surface area (Å²) in [6.45, 7) is 0.444. The van der Waals surface area contributed by atoms with Gasteiger partial charge in [0.25, 0.3) is 0 Å². The summed E-state index contributed by atoms with van der Waals surface area (Å²) in [6.07, 6.45) is 0.358. The average Bonchev–Trinajstić information content (AvgIpc) is 2.90. The predicted octanol–water partition coefficient (Wildman–Crippen LogP) is 2.79. The lowest BCUT2D eigenvalue weighted by atomic mass is 10.0. The first-order chi connectivity index (χ1) is 10.2. The summed E-state index contributed by atoms with van der Waals surface area (Å²) < 4.78 is 0. The molecular formula is C17H15NO3. The van der Waals surface area contributed by atoms with Crippen molar-refractivity contribution in [2.24, 2.45) is 5.92 Å². The van der Waals surface area contributed by atoms with Crippen molar-refractivity contribution in [2.75, 3.05) is 11.4 Å². The minimum Gasteiger partial charge on any atom is -0.481 e. The van der Waals surface area contributed by atoms with Crippen molar-refractivity contribution in [3.05, 3.63) is 54.6 Å². The van der Waals surface area contributed by atoms with E-state index in [2.05, 4.69) is 0 Å². The highest BCUT2D eigenvalue weighted by atomic mass is 16.4. The van der Waals surface area contributed by atoms with Crippen LogP contribution in [0, 0.1) is 5.92 Å². The summed E-state index contributed by atoms with van der Waals surface area (Å²) in [6, 6.07) is 17.4. The van der Waals surface area contributed by atoms with Crippen molar-refractivity contribution in [3.8, 4) is 11.1 Å². The van der Waals surface area contributed by atoms with E-state index >= 15 is 0 Å². The highest BCUT2D eigenvalue weighted by Crippen LogP contribution is 2.34. The van der Waals surface area contributed by atoms with Crippen LogP contribution in [0.5, 0.6) is 0 Å². The van der Waals surface area contributed by atoms with Crippen LogP contribution in [0.25, 0.3) is 11.1 Å². The number of carboxylic acids is 1. The molecule has 4 heteroatoms. The van der Waals surface area contributed by atoms with Gasteiger partial charge in [-0.05, 0) is 18.1 Å². The largest absolute Gasteiger partial charge is 0.481 e. The summed E-state index contributed by atoms with van der Waals surface area (Å²) in [5.74, 6) is -2.29. The maximum Gasteiger partial charge on any atom is 0.316 e. The molecule has 0 radical (unpaired) electrons. The Morgan fingerprint density at radius 2 is 1.71 bits per heavy atom. The second-order valence-corrected chi connectivity index (χ2v) is 5.05. The van der Waals surface area contributed by atoms with Crippen LogP contribution in [0.15, 0.2) is 54.6 Å². The number of rotatable bonds is 3. The second-order valence-electron chi connectivity index (χ2n) is 5.05. The van der Waals surface area contributed by atoms with Crippen molar-refractivity contribution in [1.82, 2.24) is 0 Å². The average molecular weight is 281 g/mol. The lowest BCUT2D eigenvalue weighted by Gasteiger charge is -2.20. The standard InChI is InChI=1S/C17H15NO3/c19-16-14(17(20)21)10-11-18(16)15-9-5-4-8-13(15)12-6-2-1-3-7-12/h1-9,14H,10-11H2,(H,20,21). The van der Waals surface area contributed by atoms with Crippen LogP contribution in [0.2, 0.25) is 0 Å². The Kier molecular flexibility index (Phi) is 3.44. The van der Waals surface area contributed by atoms with Crippen molar-refractivity contribution >= 4 is 17.6 Å². The first kappa shape index (κ1) is 13.4. The SMILES string of the molecule is O=C(O)C1CCN(c2ccccc2-c2ccccc2)C1=O. The van der Waals surface area contributed by atoms with E-state index in [9.17, 15) is 9.59 Å². The number of carbonyl (C=O) groups excluding carboxylic acids is 1. The molecule has 0 aliphatic carbocycles. The zero-order valence-corrected chi connectivity index (χ0v) is 11.4. The molecule has 106 valence electrons. The van der Waals surface area contributed by atoms with E-state index in [1.54, 1.807) is 4.90 Å². The maximum atomic E-state index is 12.3. The van der Waals surface area contributed by atoms with Gasteiger partial charge in [-0.1, -0.05) is 48.5 Å². The molecule has 3 rings (SSSR count). The molecule has 1 N–H and O–H groups in total. The molecular weight excluding hydrogens is 266 g/mol. The minimum atomic E-state index is -1.04. The van der Waals surface area contributed by atoms with E-state index in [0.717, 1.165) is 16.8 Å². The normalized spacial score (nSPS) is 18.0. The Balaban J connectivity index is 2.01. The van der Waals surface area contributed by atoms with Gasteiger partial charge in [-0.25, -0.2) is 0 Å². The molecule has 0 spiro atoms. The molecule has 1 atom stereocenters. The number of nitrogens with zero attached hydrogens (tertiary/aromatic N) is 1. The molecule has 1 heterocycles. The lowest BCUT2D eigenvalue weighted by Crippen LogP contribution is -2.30. The smallest absolute Gasteiger partial charge is 0.316 e. The van der Waals surface area contributed by atoms with Crippen molar-refractivity contribution in [3.63, 3.8) is 0 Å².